The summed E-state index contributed by atoms with van der Waals surface area (Å²) in [5, 5.41) is 0. The molecular weight excluding hydrogens is 274 g/mol. The lowest BCUT2D eigenvalue weighted by molar-refractivity contribution is -0.141. The van der Waals surface area contributed by atoms with Gasteiger partial charge in [-0.1, -0.05) is 54.6 Å². The van der Waals surface area contributed by atoms with E-state index in [0.29, 0.717) is 6.04 Å². The molecule has 114 valence electrons. The van der Waals surface area contributed by atoms with Gasteiger partial charge in [0.25, 0.3) is 0 Å². The number of ether oxygens (including phenoxy) is 1. The Morgan fingerprint density at radius 1 is 1.00 bits per heavy atom. The van der Waals surface area contributed by atoms with Crippen molar-refractivity contribution in [2.45, 2.75) is 32.0 Å². The van der Waals surface area contributed by atoms with Crippen LogP contribution in [0.25, 0.3) is 11.1 Å². The molecule has 3 atom stereocenters. The molecule has 0 aliphatic carbocycles. The van der Waals surface area contributed by atoms with E-state index in [1.54, 1.807) is 0 Å². The van der Waals surface area contributed by atoms with Crippen LogP contribution in [-0.4, -0.2) is 30.1 Å². The molecule has 0 N–H and O–H groups in total. The monoisotopic (exact) mass is 295 g/mol. The van der Waals surface area contributed by atoms with Crippen LogP contribution >= 0.6 is 0 Å². The molecule has 1 unspecified atom stereocenters. The minimum atomic E-state index is -0.147. The average Bonchev–Trinajstić information content (AvgIpc) is 3.31. The van der Waals surface area contributed by atoms with E-state index >= 15 is 0 Å². The van der Waals surface area contributed by atoms with Gasteiger partial charge in [-0.2, -0.15) is 0 Å². The highest BCUT2D eigenvalue weighted by Gasteiger charge is 2.55. The first kappa shape index (κ1) is 14.8. The molecule has 0 radical (unpaired) electrons. The van der Waals surface area contributed by atoms with Crippen molar-refractivity contribution in [3.8, 4) is 11.1 Å². The summed E-state index contributed by atoms with van der Waals surface area (Å²) >= 11 is 0. The zero-order valence-electron chi connectivity index (χ0n) is 13.2. The standard InChI is InChI=1S/C19H21NO2/c1-13(2)20-17(18(20)19(21)22-3)16-11-9-15(10-12-16)14-7-5-4-6-8-14/h4-13,17-18H,1-3H3/t17-,18-,20?/m0/s1. The van der Waals surface area contributed by atoms with Crippen molar-refractivity contribution < 1.29 is 9.53 Å². The second-order valence-corrected chi connectivity index (χ2v) is 5.94. The maximum absolute atomic E-state index is 11.9. The van der Waals surface area contributed by atoms with Crippen molar-refractivity contribution in [2.24, 2.45) is 0 Å². The summed E-state index contributed by atoms with van der Waals surface area (Å²) in [4.78, 5) is 14.1. The summed E-state index contributed by atoms with van der Waals surface area (Å²) < 4.78 is 4.92. The van der Waals surface area contributed by atoms with Gasteiger partial charge in [0.05, 0.1) is 13.2 Å². The molecule has 0 aromatic heterocycles. The first-order valence-electron chi connectivity index (χ1n) is 7.64. The summed E-state index contributed by atoms with van der Waals surface area (Å²) in [5.41, 5.74) is 3.56. The van der Waals surface area contributed by atoms with Crippen molar-refractivity contribution in [3.05, 3.63) is 60.2 Å². The summed E-state index contributed by atoms with van der Waals surface area (Å²) in [5.74, 6) is -0.147. The Labute approximate surface area is 131 Å². The predicted molar refractivity (Wildman–Crippen MR) is 87.4 cm³/mol. The zero-order valence-corrected chi connectivity index (χ0v) is 13.2. The van der Waals surface area contributed by atoms with Gasteiger partial charge in [-0.25, -0.2) is 0 Å². The largest absolute Gasteiger partial charge is 0.468 e. The van der Waals surface area contributed by atoms with Crippen LogP contribution in [0, 0.1) is 0 Å². The van der Waals surface area contributed by atoms with Crippen molar-refractivity contribution in [3.63, 3.8) is 0 Å². The van der Waals surface area contributed by atoms with Crippen LogP contribution < -0.4 is 0 Å². The van der Waals surface area contributed by atoms with Crippen molar-refractivity contribution in [1.29, 1.82) is 0 Å². The summed E-state index contributed by atoms with van der Waals surface area (Å²) in [6.45, 7) is 4.21. The predicted octanol–water partition coefficient (Wildman–Crippen LogP) is 3.66. The van der Waals surface area contributed by atoms with Gasteiger partial charge >= 0.3 is 5.97 Å². The fourth-order valence-electron chi connectivity index (χ4n) is 3.12. The second-order valence-electron chi connectivity index (χ2n) is 5.94. The Hall–Kier alpha value is -2.13. The molecule has 3 heteroatoms. The Bertz CT molecular complexity index is 649. The lowest BCUT2D eigenvalue weighted by atomic mass is 10.0. The van der Waals surface area contributed by atoms with Gasteiger partial charge in [0, 0.05) is 6.04 Å². The zero-order chi connectivity index (χ0) is 15.7. The molecule has 2 aromatic carbocycles. The number of esters is 1. The number of hydrogen-bond acceptors (Lipinski definition) is 3. The molecule has 1 aliphatic rings. The van der Waals surface area contributed by atoms with E-state index in [4.69, 9.17) is 4.74 Å². The van der Waals surface area contributed by atoms with E-state index < -0.39 is 0 Å². The Morgan fingerprint density at radius 3 is 2.14 bits per heavy atom. The maximum Gasteiger partial charge on any atom is 0.325 e. The summed E-state index contributed by atoms with van der Waals surface area (Å²) in [6.07, 6.45) is 0. The lowest BCUT2D eigenvalue weighted by Gasteiger charge is -2.08. The molecule has 3 rings (SSSR count). The minimum Gasteiger partial charge on any atom is -0.468 e. The van der Waals surface area contributed by atoms with Crippen molar-refractivity contribution in [2.75, 3.05) is 7.11 Å². The normalized spacial score (nSPS) is 23.4. The third-order valence-electron chi connectivity index (χ3n) is 4.25. The number of methoxy groups -OCH3 is 1. The molecule has 0 saturated carbocycles. The average molecular weight is 295 g/mol. The molecule has 1 saturated heterocycles. The van der Waals surface area contributed by atoms with Gasteiger partial charge in [0.15, 0.2) is 0 Å². The molecule has 1 aliphatic heterocycles. The highest BCUT2D eigenvalue weighted by Crippen LogP contribution is 2.45. The first-order valence-corrected chi connectivity index (χ1v) is 7.64. The Balaban J connectivity index is 1.83. The van der Waals surface area contributed by atoms with Crippen molar-refractivity contribution >= 4 is 5.97 Å². The number of carbonyl (C=O) groups excluding carboxylic acids is 1. The second kappa shape index (κ2) is 5.93. The molecule has 2 aromatic rings. The maximum atomic E-state index is 11.9. The highest BCUT2D eigenvalue weighted by atomic mass is 16.5. The smallest absolute Gasteiger partial charge is 0.325 e. The highest BCUT2D eigenvalue weighted by molar-refractivity contribution is 5.81. The van der Waals surface area contributed by atoms with E-state index in [1.807, 2.05) is 18.2 Å². The Morgan fingerprint density at radius 2 is 1.59 bits per heavy atom. The van der Waals surface area contributed by atoms with Gasteiger partial charge in [-0.15, -0.1) is 0 Å². The van der Waals surface area contributed by atoms with Crippen LogP contribution in [-0.2, 0) is 9.53 Å². The topological polar surface area (TPSA) is 29.3 Å². The number of rotatable bonds is 4. The fourth-order valence-corrected chi connectivity index (χ4v) is 3.12. The van der Waals surface area contributed by atoms with Gasteiger partial charge in [-0.3, -0.25) is 9.69 Å². The quantitative estimate of drug-likeness (QED) is 0.637. The minimum absolute atomic E-state index is 0.136. The number of benzene rings is 2. The third-order valence-corrected chi connectivity index (χ3v) is 4.25. The molecule has 3 nitrogen and oxygen atoms in total. The molecule has 1 fully saturated rings. The third kappa shape index (κ3) is 2.64. The van der Waals surface area contributed by atoms with Gasteiger partial charge in [0.1, 0.15) is 6.04 Å². The lowest BCUT2D eigenvalue weighted by Crippen LogP contribution is -2.19. The van der Waals surface area contributed by atoms with E-state index in [2.05, 4.69) is 55.1 Å². The summed E-state index contributed by atoms with van der Waals surface area (Å²) in [6, 6.07) is 19.1. The van der Waals surface area contributed by atoms with Gasteiger partial charge < -0.3 is 4.74 Å². The number of carbonyl (C=O) groups is 1. The van der Waals surface area contributed by atoms with Crippen LogP contribution in [0.3, 0.4) is 0 Å². The van der Waals surface area contributed by atoms with Crippen LogP contribution in [0.2, 0.25) is 0 Å². The SMILES string of the molecule is COC(=O)[C@@H]1[C@H](c2ccc(-c3ccccc3)cc2)N1C(C)C. The molecular formula is C19H21NO2. The summed E-state index contributed by atoms with van der Waals surface area (Å²) in [7, 11) is 1.45. The van der Waals surface area contributed by atoms with Crippen molar-refractivity contribution in [1.82, 2.24) is 4.90 Å². The molecule has 0 bridgehead atoms. The molecule has 0 spiro atoms. The van der Waals surface area contributed by atoms with E-state index in [1.165, 1.54) is 23.8 Å². The number of nitrogens with zero attached hydrogens (tertiary/aromatic N) is 1. The number of hydrogen-bond donors (Lipinski definition) is 0. The van der Waals surface area contributed by atoms with E-state index in [0.717, 1.165) is 0 Å². The van der Waals surface area contributed by atoms with E-state index in [9.17, 15) is 4.79 Å². The van der Waals surface area contributed by atoms with E-state index in [-0.39, 0.29) is 18.1 Å². The fraction of sp³-hybridized carbons (Fsp3) is 0.316. The molecule has 1 heterocycles. The van der Waals surface area contributed by atoms with Gasteiger partial charge in [-0.05, 0) is 30.5 Å². The van der Waals surface area contributed by atoms with Crippen LogP contribution in [0.15, 0.2) is 54.6 Å². The van der Waals surface area contributed by atoms with Crippen LogP contribution in [0.5, 0.6) is 0 Å². The Kier molecular flexibility index (Phi) is 3.99. The molecule has 22 heavy (non-hydrogen) atoms. The van der Waals surface area contributed by atoms with Gasteiger partial charge in [0.2, 0.25) is 0 Å². The van der Waals surface area contributed by atoms with Crippen LogP contribution in [0.1, 0.15) is 25.5 Å². The first-order chi connectivity index (χ1) is 10.6. The molecule has 0 amide bonds. The van der Waals surface area contributed by atoms with Crippen LogP contribution in [0.4, 0.5) is 0 Å².